The van der Waals surface area contributed by atoms with Gasteiger partial charge in [0.2, 0.25) is 5.56 Å². The fraction of sp³-hybridized carbons (Fsp3) is 0.476. The first-order valence-electron chi connectivity index (χ1n) is 11.1. The van der Waals surface area contributed by atoms with Crippen LogP contribution in [0.2, 0.25) is 0 Å². The Balaban J connectivity index is 2.27. The molecule has 0 fully saturated rings. The van der Waals surface area contributed by atoms with Crippen molar-refractivity contribution in [2.75, 3.05) is 6.54 Å². The quantitative estimate of drug-likeness (QED) is 0.221. The van der Waals surface area contributed by atoms with Crippen molar-refractivity contribution in [2.24, 2.45) is 0 Å². The molecule has 1 aromatic heterocycles. The van der Waals surface area contributed by atoms with Crippen LogP contribution >= 0.6 is 7.75 Å². The second-order valence-corrected chi connectivity index (χ2v) is 9.78. The molecule has 0 aliphatic heterocycles. The summed E-state index contributed by atoms with van der Waals surface area (Å²) >= 11 is 0. The number of esters is 1. The maximum Gasteiger partial charge on any atom is 0.458 e. The maximum atomic E-state index is 13.6. The Bertz CT molecular complexity index is 1190. The summed E-state index contributed by atoms with van der Waals surface area (Å²) in [7, 11) is 13.5. The van der Waals surface area contributed by atoms with E-state index >= 15 is 0 Å². The summed E-state index contributed by atoms with van der Waals surface area (Å²) in [6, 6.07) is 8.02. The summed E-state index contributed by atoms with van der Waals surface area (Å²) in [6.07, 6.45) is -1.31. The van der Waals surface area contributed by atoms with Gasteiger partial charge in [-0.15, -0.1) is 0 Å². The zero-order chi connectivity index (χ0) is 27.1. The van der Waals surface area contributed by atoms with Gasteiger partial charge in [0.15, 0.2) is 0 Å². The lowest BCUT2D eigenvalue weighted by molar-refractivity contribution is -0.146. The summed E-state index contributed by atoms with van der Waals surface area (Å²) in [5.41, 5.74) is -1.73. The van der Waals surface area contributed by atoms with E-state index in [1.54, 1.807) is 39.0 Å². The molecule has 3 unspecified atom stereocenters. The summed E-state index contributed by atoms with van der Waals surface area (Å²) < 4.78 is 36.5. The zero-order valence-electron chi connectivity index (χ0n) is 20.5. The molecule has 0 saturated carbocycles. The van der Waals surface area contributed by atoms with Gasteiger partial charge >= 0.3 is 19.4 Å². The molecule has 36 heavy (non-hydrogen) atoms. The first kappa shape index (κ1) is 29.7. The number of H-pyrrole nitrogens is 1. The van der Waals surface area contributed by atoms with Crippen molar-refractivity contribution in [1.82, 2.24) is 14.6 Å². The number of nitrogens with zero attached hydrogens (tertiary/aromatic N) is 1. The van der Waals surface area contributed by atoms with Gasteiger partial charge in [0.25, 0.3) is 0 Å². The molecule has 188 valence electrons. The molecule has 2 N–H and O–H groups in total. The average molecular weight is 513 g/mol. The molecule has 0 spiro atoms. The molecule has 15 heteroatoms. The van der Waals surface area contributed by atoms with Crippen molar-refractivity contribution in [3.05, 3.63) is 57.4 Å². The van der Waals surface area contributed by atoms with Crippen molar-refractivity contribution in [3.63, 3.8) is 0 Å². The van der Waals surface area contributed by atoms with Gasteiger partial charge in [-0.25, -0.2) is 14.4 Å². The van der Waals surface area contributed by atoms with Crippen LogP contribution in [0.3, 0.4) is 0 Å². The third kappa shape index (κ3) is 8.55. The van der Waals surface area contributed by atoms with E-state index in [4.69, 9.17) is 42.1 Å². The van der Waals surface area contributed by atoms with Gasteiger partial charge in [-0.3, -0.25) is 23.7 Å². The standard InChI is InChI=1S/C21H27B3N3O8P/c1-5-17(33-14(4)27-12-16(22)19(29)26-20(27)30)21(23,24)35-36(31,25-11-18(28)32-13(2)3)34-15-9-7-6-8-10-15/h6-10,12-14,17H,5,11H2,1-4H3,(H,25,31)(H,26,29,30). The molecule has 0 aliphatic carbocycles. The highest BCUT2D eigenvalue weighted by molar-refractivity contribution is 7.52. The first-order chi connectivity index (χ1) is 16.8. The number of nitrogens with one attached hydrogen (secondary N) is 2. The fourth-order valence-corrected chi connectivity index (χ4v) is 4.45. The lowest BCUT2D eigenvalue weighted by Gasteiger charge is -2.38. The number of hydrogen-bond donors (Lipinski definition) is 2. The van der Waals surface area contributed by atoms with Crippen molar-refractivity contribution < 1.29 is 27.9 Å². The maximum absolute atomic E-state index is 13.6. The van der Waals surface area contributed by atoms with Crippen molar-refractivity contribution >= 4 is 42.7 Å². The third-order valence-corrected chi connectivity index (χ3v) is 6.21. The van der Waals surface area contributed by atoms with Crippen LogP contribution in [0.15, 0.2) is 46.1 Å². The van der Waals surface area contributed by atoms with Gasteiger partial charge in [0.1, 0.15) is 42.1 Å². The Morgan fingerprint density at radius 2 is 1.83 bits per heavy atom. The van der Waals surface area contributed by atoms with E-state index in [-0.39, 0.29) is 17.6 Å². The largest absolute Gasteiger partial charge is 0.462 e. The number of ether oxygens (including phenoxy) is 2. The number of carbonyl (C=O) groups excluding carboxylic acids is 1. The number of rotatable bonds is 13. The first-order valence-corrected chi connectivity index (χ1v) is 12.6. The normalized spacial score (nSPS) is 15.1. The number of aromatic nitrogens is 2. The van der Waals surface area contributed by atoms with Crippen LogP contribution in [0.1, 0.15) is 40.3 Å². The predicted molar refractivity (Wildman–Crippen MR) is 136 cm³/mol. The highest BCUT2D eigenvalue weighted by atomic mass is 31.2. The Kier molecular flexibility index (Phi) is 10.4. The number of benzene rings is 1. The minimum Gasteiger partial charge on any atom is -0.462 e. The number of para-hydroxylation sites is 1. The van der Waals surface area contributed by atoms with Gasteiger partial charge in [-0.05, 0) is 44.8 Å². The molecule has 11 nitrogen and oxygen atoms in total. The fourth-order valence-electron chi connectivity index (χ4n) is 3.03. The predicted octanol–water partition coefficient (Wildman–Crippen LogP) is 0.380. The molecule has 0 amide bonds. The Labute approximate surface area is 213 Å². The minimum absolute atomic E-state index is 0.144. The van der Waals surface area contributed by atoms with Crippen molar-refractivity contribution in [2.45, 2.75) is 58.0 Å². The zero-order valence-corrected chi connectivity index (χ0v) is 21.4. The van der Waals surface area contributed by atoms with Crippen LogP contribution < -0.4 is 26.3 Å². The number of aromatic amines is 1. The SMILES string of the molecule is [B]c1cn(C(C)OC(CC)C([B])([B])OP(=O)(NCC(=O)OC(C)C)Oc2ccccc2)c(=O)[nH]c1=O. The lowest BCUT2D eigenvalue weighted by Crippen LogP contribution is -2.50. The molecule has 1 aromatic carbocycles. The van der Waals surface area contributed by atoms with Crippen LogP contribution in [-0.2, 0) is 23.4 Å². The molecule has 1 heterocycles. The average Bonchev–Trinajstić information content (AvgIpc) is 2.78. The molecular formula is C21H27B3N3O8P. The smallest absolute Gasteiger partial charge is 0.458 e. The van der Waals surface area contributed by atoms with Crippen molar-refractivity contribution in [3.8, 4) is 5.75 Å². The number of carbonyl (C=O) groups is 1. The van der Waals surface area contributed by atoms with Gasteiger partial charge in [0.05, 0.1) is 12.2 Å². The van der Waals surface area contributed by atoms with Crippen LogP contribution in [-0.4, -0.2) is 63.2 Å². The van der Waals surface area contributed by atoms with Crippen LogP contribution in [0, 0.1) is 0 Å². The van der Waals surface area contributed by atoms with E-state index in [0.29, 0.717) is 0 Å². The molecule has 0 bridgehead atoms. The van der Waals surface area contributed by atoms with Gasteiger partial charge < -0.3 is 14.0 Å². The van der Waals surface area contributed by atoms with E-state index in [9.17, 15) is 18.9 Å². The second kappa shape index (κ2) is 12.6. The minimum atomic E-state index is -4.38. The monoisotopic (exact) mass is 513 g/mol. The van der Waals surface area contributed by atoms with Crippen LogP contribution in [0.4, 0.5) is 0 Å². The summed E-state index contributed by atoms with van der Waals surface area (Å²) in [5, 5.41) is 0.166. The Hall–Kier alpha value is -2.53. The summed E-state index contributed by atoms with van der Waals surface area (Å²) in [6.45, 7) is 5.93. The van der Waals surface area contributed by atoms with E-state index < -0.39 is 55.3 Å². The van der Waals surface area contributed by atoms with Crippen LogP contribution in [0.5, 0.6) is 5.75 Å². The Morgan fingerprint density at radius 1 is 1.19 bits per heavy atom. The molecule has 0 aliphatic rings. The molecule has 2 rings (SSSR count). The molecule has 6 radical (unpaired) electrons. The van der Waals surface area contributed by atoms with Gasteiger partial charge in [-0.2, -0.15) is 0 Å². The van der Waals surface area contributed by atoms with E-state index in [1.807, 2.05) is 0 Å². The van der Waals surface area contributed by atoms with E-state index in [0.717, 1.165) is 10.8 Å². The number of hydrogen-bond acceptors (Lipinski definition) is 8. The van der Waals surface area contributed by atoms with E-state index in [1.165, 1.54) is 19.1 Å². The molecular weight excluding hydrogens is 486 g/mol. The Morgan fingerprint density at radius 3 is 2.42 bits per heavy atom. The topological polar surface area (TPSA) is 138 Å². The van der Waals surface area contributed by atoms with Gasteiger partial charge in [0, 0.05) is 11.6 Å². The summed E-state index contributed by atoms with van der Waals surface area (Å²) in [4.78, 5) is 37.8. The summed E-state index contributed by atoms with van der Waals surface area (Å²) in [5.74, 6) is -0.559. The van der Waals surface area contributed by atoms with Crippen LogP contribution in [0.25, 0.3) is 0 Å². The third-order valence-electron chi connectivity index (χ3n) is 4.65. The molecule has 2 aromatic rings. The van der Waals surface area contributed by atoms with Gasteiger partial charge in [-0.1, -0.05) is 25.1 Å². The molecule has 3 atom stereocenters. The highest BCUT2D eigenvalue weighted by Crippen LogP contribution is 2.48. The van der Waals surface area contributed by atoms with Crippen molar-refractivity contribution in [1.29, 1.82) is 0 Å². The van der Waals surface area contributed by atoms with E-state index in [2.05, 4.69) is 10.1 Å². The molecule has 0 saturated heterocycles. The second-order valence-electron chi connectivity index (χ2n) is 8.10. The lowest BCUT2D eigenvalue weighted by atomic mass is 9.61. The highest BCUT2D eigenvalue weighted by Gasteiger charge is 2.40.